The SMILES string of the molecule is N.NS(=O)(=O)Cc1noc2ccccc12.O=P(Cl)(Cl)Cl.O=S(=O)(Cl)Cc1noc2ccccc12.O=S(=O)([O-])Cc1noc2ccccc12.[Na+]. The summed E-state index contributed by atoms with van der Waals surface area (Å²) in [7, 11) is -6.35. The number of hydrogen-bond donors (Lipinski definition) is 2. The molecule has 49 heavy (non-hydrogen) atoms. The van der Waals surface area contributed by atoms with Crippen molar-refractivity contribution < 1.29 is 77.5 Å². The maximum absolute atomic E-state index is 10.8. The topological polar surface area (TPSA) is 282 Å². The summed E-state index contributed by atoms with van der Waals surface area (Å²) in [5.74, 6) is -1.25. The van der Waals surface area contributed by atoms with E-state index in [-0.39, 0.29) is 52.9 Å². The number of nitrogens with zero attached hydrogens (tertiary/aromatic N) is 3. The molecule has 0 saturated carbocycles. The largest absolute Gasteiger partial charge is 1.00 e. The smallest absolute Gasteiger partial charge is 0.748 e. The third kappa shape index (κ3) is 16.8. The van der Waals surface area contributed by atoms with Crippen molar-refractivity contribution in [2.75, 3.05) is 0 Å². The number of benzene rings is 3. The standard InChI is InChI=1S/C8H6ClNO3S.C8H8N2O3S.C8H7NO4S.Cl3OP.H3N.Na/c2*9-14(11,12)5-7-6-3-1-2-4-8(6)13-10-7;10-14(11,12)5-7-6-3-1-2-4-8(6)13-9-7;1-5(2,3)4;;/h1-4H,5H2;1-4H,5H2,(H2,9,11,12);1-4H,5H2,(H,10,11,12);;1H3;/q;;;;;+1/p-1. The van der Waals surface area contributed by atoms with Crippen LogP contribution in [0.3, 0.4) is 0 Å². The van der Waals surface area contributed by atoms with E-state index in [0.717, 1.165) is 0 Å². The molecule has 6 rings (SSSR count). The summed E-state index contributed by atoms with van der Waals surface area (Å²) >= 11 is 13.8. The Kier molecular flexibility index (Phi) is 17.7. The number of halogens is 4. The second kappa shape index (κ2) is 19.1. The van der Waals surface area contributed by atoms with Crippen LogP contribution in [0.4, 0.5) is 0 Å². The van der Waals surface area contributed by atoms with Gasteiger partial charge in [-0.2, -0.15) is 0 Å². The molecule has 6 aromatic rings. The van der Waals surface area contributed by atoms with Crippen LogP contribution >= 0.6 is 49.6 Å². The fourth-order valence-electron chi connectivity index (χ4n) is 3.65. The van der Waals surface area contributed by atoms with Crippen molar-refractivity contribution in [3.63, 3.8) is 0 Å². The van der Waals surface area contributed by atoms with Gasteiger partial charge >= 0.3 is 34.8 Å². The average Bonchev–Trinajstić information content (AvgIpc) is 3.64. The Morgan fingerprint density at radius 2 is 0.918 bits per heavy atom. The molecule has 0 aliphatic rings. The zero-order valence-corrected chi connectivity index (χ0v) is 33.2. The van der Waals surface area contributed by atoms with E-state index in [4.69, 9.17) is 29.4 Å². The molecule has 3 aromatic carbocycles. The van der Waals surface area contributed by atoms with Gasteiger partial charge in [0.15, 0.2) is 16.7 Å². The minimum absolute atomic E-state index is 0. The Labute approximate surface area is 320 Å². The van der Waals surface area contributed by atoms with E-state index < -0.39 is 40.1 Å². The van der Waals surface area contributed by atoms with Crippen molar-refractivity contribution in [3.8, 4) is 0 Å². The number of sulfonamides is 1. The van der Waals surface area contributed by atoms with E-state index in [9.17, 15) is 34.4 Å². The van der Waals surface area contributed by atoms with Gasteiger partial charge in [-0.3, -0.25) is 4.57 Å². The van der Waals surface area contributed by atoms with Gasteiger partial charge in [0.25, 0.3) is 0 Å². The molecule has 0 amide bonds. The molecular formula is C24H23Cl4N5NaO11PS3. The van der Waals surface area contributed by atoms with E-state index in [1.807, 2.05) is 0 Å². The second-order valence-corrected chi connectivity index (χ2v) is 21.4. The molecule has 0 aliphatic carbocycles. The van der Waals surface area contributed by atoms with Gasteiger partial charge in [0.1, 0.15) is 38.7 Å². The number of fused-ring (bicyclic) bond motifs is 3. The van der Waals surface area contributed by atoms with Crippen molar-refractivity contribution in [3.05, 3.63) is 89.9 Å². The Bertz CT molecular complexity index is 2110. The minimum Gasteiger partial charge on any atom is -0.748 e. The molecule has 0 spiro atoms. The number of hydrogen-bond acceptors (Lipinski definition) is 15. The molecule has 25 heteroatoms. The predicted molar refractivity (Wildman–Crippen MR) is 181 cm³/mol. The van der Waals surface area contributed by atoms with Gasteiger partial charge in [0.05, 0.1) is 5.75 Å². The maximum Gasteiger partial charge on any atom is 1.00 e. The Morgan fingerprint density at radius 3 is 1.20 bits per heavy atom. The molecule has 16 nitrogen and oxygen atoms in total. The number of primary sulfonamides is 1. The zero-order valence-electron chi connectivity index (χ0n) is 24.9. The van der Waals surface area contributed by atoms with Crippen molar-refractivity contribution in [1.82, 2.24) is 21.6 Å². The summed E-state index contributed by atoms with van der Waals surface area (Å²) in [6.07, 6.45) is 0. The Balaban J connectivity index is 0.000000337. The third-order valence-corrected chi connectivity index (χ3v) is 7.57. The van der Waals surface area contributed by atoms with Gasteiger partial charge in [-0.15, -0.1) is 0 Å². The molecule has 5 N–H and O–H groups in total. The van der Waals surface area contributed by atoms with Gasteiger partial charge < -0.3 is 24.3 Å². The molecule has 3 heterocycles. The van der Waals surface area contributed by atoms with Crippen LogP contribution in [-0.4, -0.2) is 45.3 Å². The summed E-state index contributed by atoms with van der Waals surface area (Å²) in [6, 6.07) is 20.8. The molecule has 0 saturated heterocycles. The third-order valence-electron chi connectivity index (χ3n) is 5.32. The van der Waals surface area contributed by atoms with Crippen LogP contribution in [0, 0.1) is 0 Å². The van der Waals surface area contributed by atoms with Gasteiger partial charge in [0, 0.05) is 26.8 Å². The first-order valence-electron chi connectivity index (χ1n) is 12.2. The van der Waals surface area contributed by atoms with Crippen LogP contribution < -0.4 is 40.8 Å². The van der Waals surface area contributed by atoms with E-state index in [0.29, 0.717) is 44.3 Å². The molecule has 0 bridgehead atoms. The molecule has 0 unspecified atom stereocenters. The molecule has 0 radical (unpaired) electrons. The molecule has 0 aliphatic heterocycles. The van der Waals surface area contributed by atoms with Crippen LogP contribution in [0.25, 0.3) is 32.9 Å². The molecular weight excluding hydrogens is 826 g/mol. The van der Waals surface area contributed by atoms with E-state index in [1.54, 1.807) is 72.8 Å². The minimum atomic E-state index is -4.31. The van der Waals surface area contributed by atoms with Crippen LogP contribution in [-0.2, 0) is 51.0 Å². The first-order valence-corrected chi connectivity index (χ1v) is 22.4. The summed E-state index contributed by atoms with van der Waals surface area (Å²) < 4.78 is 99.0. The number of para-hydroxylation sites is 3. The summed E-state index contributed by atoms with van der Waals surface area (Å²) in [5, 5.41) is 14.4. The van der Waals surface area contributed by atoms with Crippen LogP contribution in [0.15, 0.2) is 86.4 Å². The van der Waals surface area contributed by atoms with Gasteiger partial charge in [-0.1, -0.05) is 51.9 Å². The van der Waals surface area contributed by atoms with Crippen LogP contribution in [0.1, 0.15) is 17.1 Å². The van der Waals surface area contributed by atoms with Crippen LogP contribution in [0.5, 0.6) is 0 Å². The summed E-state index contributed by atoms with van der Waals surface area (Å²) in [4.78, 5) is 0. The van der Waals surface area contributed by atoms with Crippen LogP contribution in [0.2, 0.25) is 0 Å². The van der Waals surface area contributed by atoms with Crippen molar-refractivity contribution in [2.45, 2.75) is 17.3 Å². The molecule has 262 valence electrons. The zero-order chi connectivity index (χ0) is 35.0. The number of aromatic nitrogens is 3. The quantitative estimate of drug-likeness (QED) is 0.105. The summed E-state index contributed by atoms with van der Waals surface area (Å²) in [5.41, 5.74) is 2.45. The van der Waals surface area contributed by atoms with Crippen molar-refractivity contribution in [1.29, 1.82) is 0 Å². The van der Waals surface area contributed by atoms with Crippen molar-refractivity contribution in [2.24, 2.45) is 5.14 Å². The van der Waals surface area contributed by atoms with Gasteiger partial charge in [-0.05, 0) is 70.1 Å². The summed E-state index contributed by atoms with van der Waals surface area (Å²) in [6.45, 7) is 0. The average molecular weight is 849 g/mol. The van der Waals surface area contributed by atoms with E-state index >= 15 is 0 Å². The van der Waals surface area contributed by atoms with Gasteiger partial charge in [-0.25, -0.2) is 30.4 Å². The first kappa shape index (κ1) is 45.2. The van der Waals surface area contributed by atoms with E-state index in [2.05, 4.69) is 49.2 Å². The predicted octanol–water partition coefficient (Wildman–Crippen LogP) is 3.36. The number of rotatable bonds is 6. The molecule has 0 fully saturated rings. The van der Waals surface area contributed by atoms with Gasteiger partial charge in [0.2, 0.25) is 19.1 Å². The molecule has 3 aromatic heterocycles. The fraction of sp³-hybridized carbons (Fsp3) is 0.125. The molecule has 0 atom stereocenters. The van der Waals surface area contributed by atoms with Crippen molar-refractivity contribution >= 4 is 112 Å². The fourth-order valence-corrected chi connectivity index (χ4v) is 5.63. The van der Waals surface area contributed by atoms with E-state index in [1.165, 1.54) is 0 Å². The number of nitrogens with two attached hydrogens (primary N) is 1. The Morgan fingerprint density at radius 1 is 0.633 bits per heavy atom. The first-order chi connectivity index (χ1) is 21.7. The maximum atomic E-state index is 10.8. The monoisotopic (exact) mass is 847 g/mol. The second-order valence-electron chi connectivity index (χ2n) is 8.97. The Hall–Kier alpha value is -1.81. The normalized spacial score (nSPS) is 11.6.